The summed E-state index contributed by atoms with van der Waals surface area (Å²) in [6.45, 7) is 2.12. The highest BCUT2D eigenvalue weighted by Crippen LogP contribution is 2.44. The minimum atomic E-state index is -0.176. The van der Waals surface area contributed by atoms with Gasteiger partial charge in [-0.1, -0.05) is 28.9 Å². The highest BCUT2D eigenvalue weighted by Gasteiger charge is 2.30. The van der Waals surface area contributed by atoms with Crippen molar-refractivity contribution < 1.29 is 9.59 Å². The SMILES string of the molecule is CC(=O)Nc1nc2c(s1)-c1c(c(-c3ccc(C#CCN(C)C)nc3)nn1-c1ccc(C(=O)N(C)C)cc1Cl)CC2. The normalized spacial score (nSPS) is 11.9. The molecule has 0 saturated carbocycles. The molecule has 0 unspecified atom stereocenters. The van der Waals surface area contributed by atoms with E-state index in [0.29, 0.717) is 46.5 Å². The summed E-state index contributed by atoms with van der Waals surface area (Å²) in [4.78, 5) is 37.9. The second-order valence-corrected chi connectivity index (χ2v) is 11.3. The molecule has 9 nitrogen and oxygen atoms in total. The van der Waals surface area contributed by atoms with Gasteiger partial charge in [0.15, 0.2) is 5.13 Å². The summed E-state index contributed by atoms with van der Waals surface area (Å²) >= 11 is 8.18. The average molecular weight is 574 g/mol. The van der Waals surface area contributed by atoms with Gasteiger partial charge in [-0.3, -0.25) is 14.5 Å². The Hall–Kier alpha value is -4.04. The Bertz CT molecular complexity index is 1680. The first-order valence-electron chi connectivity index (χ1n) is 12.6. The Labute approximate surface area is 241 Å². The lowest BCUT2D eigenvalue weighted by Gasteiger charge is -2.16. The molecular weight excluding hydrogens is 546 g/mol. The fraction of sp³-hybridized carbons (Fsp3) is 0.276. The van der Waals surface area contributed by atoms with Crippen molar-refractivity contribution in [3.05, 3.63) is 64.1 Å². The van der Waals surface area contributed by atoms with E-state index < -0.39 is 0 Å². The summed E-state index contributed by atoms with van der Waals surface area (Å²) in [5.41, 5.74) is 6.28. The fourth-order valence-corrected chi connectivity index (χ4v) is 5.82. The van der Waals surface area contributed by atoms with Crippen LogP contribution in [0.2, 0.25) is 5.02 Å². The number of pyridine rings is 1. The average Bonchev–Trinajstić information content (AvgIpc) is 3.49. The highest BCUT2D eigenvalue weighted by molar-refractivity contribution is 7.19. The number of carbonyl (C=O) groups excluding carboxylic acids is 2. The molecule has 0 saturated heterocycles. The van der Waals surface area contributed by atoms with Crippen LogP contribution in [0.1, 0.15) is 34.2 Å². The molecule has 1 N–H and O–H groups in total. The summed E-state index contributed by atoms with van der Waals surface area (Å²) in [7, 11) is 7.34. The number of carbonyl (C=O) groups is 2. The third-order valence-electron chi connectivity index (χ3n) is 6.27. The molecule has 1 aliphatic rings. The molecule has 4 aromatic rings. The number of nitrogens with one attached hydrogen (secondary N) is 1. The van der Waals surface area contributed by atoms with Crippen LogP contribution in [0, 0.1) is 11.8 Å². The van der Waals surface area contributed by atoms with E-state index in [1.807, 2.05) is 41.9 Å². The quantitative estimate of drug-likeness (QED) is 0.356. The maximum Gasteiger partial charge on any atom is 0.253 e. The van der Waals surface area contributed by atoms with Crippen LogP contribution in [-0.2, 0) is 17.6 Å². The first kappa shape index (κ1) is 27.5. The molecule has 204 valence electrons. The zero-order valence-corrected chi connectivity index (χ0v) is 24.4. The van der Waals surface area contributed by atoms with Crippen molar-refractivity contribution in [2.24, 2.45) is 0 Å². The van der Waals surface area contributed by atoms with Gasteiger partial charge >= 0.3 is 0 Å². The number of hydrogen-bond donors (Lipinski definition) is 1. The van der Waals surface area contributed by atoms with Crippen LogP contribution < -0.4 is 5.32 Å². The Balaban J connectivity index is 1.64. The molecule has 0 fully saturated rings. The molecule has 0 atom stereocenters. The lowest BCUT2D eigenvalue weighted by atomic mass is 9.95. The molecule has 0 aliphatic heterocycles. The van der Waals surface area contributed by atoms with E-state index in [1.54, 1.807) is 32.4 Å². The van der Waals surface area contributed by atoms with E-state index in [2.05, 4.69) is 27.1 Å². The topological polar surface area (TPSA) is 96.2 Å². The van der Waals surface area contributed by atoms with Crippen molar-refractivity contribution in [3.8, 4) is 39.4 Å². The minimum absolute atomic E-state index is 0.138. The minimum Gasteiger partial charge on any atom is -0.345 e. The second-order valence-electron chi connectivity index (χ2n) is 9.90. The molecule has 2 amide bonds. The Kier molecular flexibility index (Phi) is 7.72. The van der Waals surface area contributed by atoms with E-state index in [-0.39, 0.29) is 11.8 Å². The fourth-order valence-electron chi connectivity index (χ4n) is 4.45. The van der Waals surface area contributed by atoms with Crippen LogP contribution in [0.4, 0.5) is 5.13 Å². The molecule has 0 bridgehead atoms. The van der Waals surface area contributed by atoms with Crippen LogP contribution in [0.15, 0.2) is 36.5 Å². The van der Waals surface area contributed by atoms with E-state index >= 15 is 0 Å². The van der Waals surface area contributed by atoms with Gasteiger partial charge in [0.1, 0.15) is 5.69 Å². The maximum atomic E-state index is 12.5. The first-order chi connectivity index (χ1) is 19.1. The van der Waals surface area contributed by atoms with Gasteiger partial charge in [-0.05, 0) is 63.2 Å². The van der Waals surface area contributed by atoms with Gasteiger partial charge in [-0.15, -0.1) is 0 Å². The zero-order valence-electron chi connectivity index (χ0n) is 22.9. The third kappa shape index (κ3) is 5.49. The van der Waals surface area contributed by atoms with Gasteiger partial charge in [-0.25, -0.2) is 14.6 Å². The van der Waals surface area contributed by atoms with Crippen molar-refractivity contribution in [1.82, 2.24) is 29.5 Å². The summed E-state index contributed by atoms with van der Waals surface area (Å²) in [5, 5.41) is 8.78. The van der Waals surface area contributed by atoms with E-state index in [0.717, 1.165) is 33.1 Å². The van der Waals surface area contributed by atoms with E-state index in [4.69, 9.17) is 16.7 Å². The monoisotopic (exact) mass is 573 g/mol. The number of rotatable bonds is 5. The summed E-state index contributed by atoms with van der Waals surface area (Å²) < 4.78 is 1.81. The van der Waals surface area contributed by atoms with Crippen LogP contribution in [0.25, 0.3) is 27.5 Å². The molecule has 3 heterocycles. The molecule has 1 aromatic carbocycles. The summed E-state index contributed by atoms with van der Waals surface area (Å²) in [6, 6.07) is 9.09. The number of halogens is 1. The van der Waals surface area contributed by atoms with Gasteiger partial charge < -0.3 is 10.2 Å². The smallest absolute Gasteiger partial charge is 0.253 e. The molecule has 1 aliphatic carbocycles. The number of nitrogens with zero attached hydrogens (tertiary/aromatic N) is 6. The van der Waals surface area contributed by atoms with Gasteiger partial charge in [0.05, 0.1) is 39.2 Å². The van der Waals surface area contributed by atoms with Gasteiger partial charge in [0.25, 0.3) is 5.91 Å². The van der Waals surface area contributed by atoms with Crippen molar-refractivity contribution in [2.45, 2.75) is 19.8 Å². The maximum absolute atomic E-state index is 12.5. The Morgan fingerprint density at radius 3 is 2.60 bits per heavy atom. The number of anilines is 1. The number of amides is 2. The summed E-state index contributed by atoms with van der Waals surface area (Å²) in [6.07, 6.45) is 3.21. The molecule has 0 spiro atoms. The zero-order chi connectivity index (χ0) is 28.6. The molecule has 0 radical (unpaired) electrons. The van der Waals surface area contributed by atoms with Crippen LogP contribution >= 0.6 is 22.9 Å². The van der Waals surface area contributed by atoms with Gasteiger partial charge in [-0.2, -0.15) is 5.10 Å². The Morgan fingerprint density at radius 1 is 1.15 bits per heavy atom. The lowest BCUT2D eigenvalue weighted by molar-refractivity contribution is -0.114. The number of fused-ring (bicyclic) bond motifs is 3. The predicted octanol–water partition coefficient (Wildman–Crippen LogP) is 4.38. The van der Waals surface area contributed by atoms with Crippen molar-refractivity contribution in [1.29, 1.82) is 0 Å². The van der Waals surface area contributed by atoms with Gasteiger partial charge in [0, 0.05) is 43.9 Å². The number of aryl methyl sites for hydroxylation is 1. The number of benzene rings is 1. The summed E-state index contributed by atoms with van der Waals surface area (Å²) in [5.74, 6) is 5.88. The molecule has 3 aromatic heterocycles. The third-order valence-corrected chi connectivity index (χ3v) is 7.59. The number of thiazole rings is 1. The number of aromatic nitrogens is 4. The predicted molar refractivity (Wildman–Crippen MR) is 158 cm³/mol. The Morgan fingerprint density at radius 2 is 1.95 bits per heavy atom. The number of hydrogen-bond acceptors (Lipinski definition) is 7. The second kappa shape index (κ2) is 11.2. The first-order valence-corrected chi connectivity index (χ1v) is 13.8. The van der Waals surface area contributed by atoms with Crippen LogP contribution in [0.5, 0.6) is 0 Å². The van der Waals surface area contributed by atoms with Gasteiger partial charge in [0.2, 0.25) is 5.91 Å². The molecule has 5 rings (SSSR count). The van der Waals surface area contributed by atoms with Crippen molar-refractivity contribution in [2.75, 3.05) is 40.1 Å². The molecule has 40 heavy (non-hydrogen) atoms. The van der Waals surface area contributed by atoms with Crippen molar-refractivity contribution in [3.63, 3.8) is 0 Å². The molecular formula is C29H28ClN7O2S. The van der Waals surface area contributed by atoms with Crippen LogP contribution in [0.3, 0.4) is 0 Å². The van der Waals surface area contributed by atoms with E-state index in [1.165, 1.54) is 23.2 Å². The largest absolute Gasteiger partial charge is 0.345 e. The van der Waals surface area contributed by atoms with Crippen LogP contribution in [-0.4, -0.2) is 76.1 Å². The lowest BCUT2D eigenvalue weighted by Crippen LogP contribution is -2.21. The molecule has 11 heteroatoms. The van der Waals surface area contributed by atoms with Crippen molar-refractivity contribution >= 4 is 39.9 Å². The van der Waals surface area contributed by atoms with E-state index in [9.17, 15) is 9.59 Å². The highest BCUT2D eigenvalue weighted by atomic mass is 35.5. The standard InChI is InChI=1S/C29H28ClN7O2S/c1-17(38)32-29-33-23-12-11-21-25(19-8-10-20(31-16-19)7-6-14-35(2)3)34-37(26(21)27(23)40-29)24-13-9-18(15-22(24)30)28(39)36(4)5/h8-10,13,15-16H,11-12,14H2,1-5H3,(H,32,33,38).